The highest BCUT2D eigenvalue weighted by Gasteiger charge is 2.27. The zero-order valence-electron chi connectivity index (χ0n) is 11.6. The molecule has 112 valence electrons. The fourth-order valence-electron chi connectivity index (χ4n) is 3.03. The van der Waals surface area contributed by atoms with Gasteiger partial charge in [-0.15, -0.1) is 0 Å². The average Bonchev–Trinajstić information content (AvgIpc) is 2.53. The fraction of sp³-hybridized carbons (Fsp3) is 0.250. The van der Waals surface area contributed by atoms with Crippen molar-refractivity contribution in [2.45, 2.75) is 24.0 Å². The van der Waals surface area contributed by atoms with Crippen LogP contribution in [0.4, 0.5) is 0 Å². The van der Waals surface area contributed by atoms with Gasteiger partial charge in [-0.1, -0.05) is 40.2 Å². The van der Waals surface area contributed by atoms with Crippen LogP contribution in [0.25, 0.3) is 21.5 Å². The maximum atomic E-state index is 12.7. The van der Waals surface area contributed by atoms with Crippen molar-refractivity contribution in [1.29, 1.82) is 0 Å². The second-order valence-electron chi connectivity index (χ2n) is 5.60. The lowest BCUT2D eigenvalue weighted by atomic mass is 10.1. The molecule has 2 heterocycles. The maximum absolute atomic E-state index is 12.7. The van der Waals surface area contributed by atoms with Crippen molar-refractivity contribution in [3.8, 4) is 0 Å². The van der Waals surface area contributed by atoms with Gasteiger partial charge in [0.1, 0.15) is 0 Å². The van der Waals surface area contributed by atoms with Gasteiger partial charge in [0.2, 0.25) is 0 Å². The molecule has 0 amide bonds. The number of nitrogens with zero attached hydrogens (tertiary/aromatic N) is 2. The molecule has 0 fully saturated rings. The smallest absolute Gasteiger partial charge is 0.273 e. The summed E-state index contributed by atoms with van der Waals surface area (Å²) in [6.07, 6.45) is -0.685. The first-order valence-electron chi connectivity index (χ1n) is 7.05. The first-order valence-corrected chi connectivity index (χ1v) is 7.96. The Hall–Kier alpha value is -1.92. The highest BCUT2D eigenvalue weighted by Crippen LogP contribution is 2.20. The van der Waals surface area contributed by atoms with Gasteiger partial charge in [-0.05, 0) is 22.9 Å². The Morgan fingerprint density at radius 1 is 0.955 bits per heavy atom. The van der Waals surface area contributed by atoms with E-state index >= 15 is 0 Å². The topological polar surface area (TPSA) is 64.2 Å². The molecular weight excluding hydrogens is 348 g/mol. The minimum absolute atomic E-state index is 0.118. The van der Waals surface area contributed by atoms with Gasteiger partial charge < -0.3 is 5.11 Å². The Labute approximate surface area is 133 Å². The molecule has 3 aromatic rings. The van der Waals surface area contributed by atoms with E-state index in [1.165, 1.54) is 9.36 Å². The number of fused-ring (bicyclic) bond motifs is 3. The first-order chi connectivity index (χ1) is 10.6. The maximum Gasteiger partial charge on any atom is 0.273 e. The number of hydrogen-bond donors (Lipinski definition) is 1. The normalized spacial score (nSPS) is 21.2. The van der Waals surface area contributed by atoms with Crippen LogP contribution in [0.2, 0.25) is 0 Å². The van der Waals surface area contributed by atoms with E-state index in [2.05, 4.69) is 15.9 Å². The van der Waals surface area contributed by atoms with Crippen LogP contribution in [0.15, 0.2) is 46.0 Å². The van der Waals surface area contributed by atoms with E-state index in [4.69, 9.17) is 0 Å². The van der Waals surface area contributed by atoms with Crippen LogP contribution in [0.3, 0.4) is 0 Å². The van der Waals surface area contributed by atoms with Crippen molar-refractivity contribution in [2.24, 2.45) is 0 Å². The van der Waals surface area contributed by atoms with Crippen LogP contribution >= 0.6 is 15.9 Å². The quantitative estimate of drug-likeness (QED) is 0.487. The van der Waals surface area contributed by atoms with Gasteiger partial charge in [-0.25, -0.2) is 9.36 Å². The predicted molar refractivity (Wildman–Crippen MR) is 88.7 cm³/mol. The summed E-state index contributed by atoms with van der Waals surface area (Å²) in [7, 11) is 0. The Bertz CT molecular complexity index is 939. The summed E-state index contributed by atoms with van der Waals surface area (Å²) < 4.78 is 2.77. The summed E-state index contributed by atoms with van der Waals surface area (Å²) in [5.41, 5.74) is -0.435. The van der Waals surface area contributed by atoms with Crippen molar-refractivity contribution in [1.82, 2.24) is 9.36 Å². The Balaban J connectivity index is 2.15. The van der Waals surface area contributed by atoms with Gasteiger partial charge in [-0.2, -0.15) is 0 Å². The number of alkyl halides is 1. The minimum atomic E-state index is -0.685. The fourth-order valence-corrected chi connectivity index (χ4v) is 3.47. The molecule has 1 aromatic heterocycles. The molecule has 4 rings (SSSR count). The summed E-state index contributed by atoms with van der Waals surface area (Å²) >= 11 is 3.36. The van der Waals surface area contributed by atoms with Crippen LogP contribution in [-0.2, 0) is 13.1 Å². The standard InChI is InChI=1S/C16H13BrN2O3/c17-13-7-18-15(21)11-5-9-3-1-2-4-10(9)6-12(11)16(22)19(18)8-14(13)20/h1-6,13-14,20H,7-8H2. The highest BCUT2D eigenvalue weighted by molar-refractivity contribution is 9.09. The largest absolute Gasteiger partial charge is 0.390 e. The summed E-state index contributed by atoms with van der Waals surface area (Å²) in [5, 5.41) is 12.6. The van der Waals surface area contributed by atoms with Gasteiger partial charge in [0.15, 0.2) is 0 Å². The van der Waals surface area contributed by atoms with Crippen molar-refractivity contribution < 1.29 is 5.11 Å². The second-order valence-corrected chi connectivity index (χ2v) is 6.78. The van der Waals surface area contributed by atoms with Crippen molar-refractivity contribution >= 4 is 37.5 Å². The zero-order chi connectivity index (χ0) is 15.4. The Kier molecular flexibility index (Phi) is 2.99. The third-order valence-corrected chi connectivity index (χ3v) is 5.13. The molecule has 2 atom stereocenters. The van der Waals surface area contributed by atoms with E-state index in [0.29, 0.717) is 10.8 Å². The summed E-state index contributed by atoms with van der Waals surface area (Å²) in [4.78, 5) is 25.2. The lowest BCUT2D eigenvalue weighted by molar-refractivity contribution is 0.104. The van der Waals surface area contributed by atoms with Gasteiger partial charge >= 0.3 is 0 Å². The molecule has 22 heavy (non-hydrogen) atoms. The number of hydrogen-bond acceptors (Lipinski definition) is 3. The molecule has 0 saturated heterocycles. The molecular formula is C16H13BrN2O3. The summed E-state index contributed by atoms with van der Waals surface area (Å²) in [6, 6.07) is 11.2. The molecule has 0 spiro atoms. The molecule has 2 unspecified atom stereocenters. The molecule has 0 bridgehead atoms. The zero-order valence-corrected chi connectivity index (χ0v) is 13.2. The molecule has 0 saturated carbocycles. The van der Waals surface area contributed by atoms with Gasteiger partial charge in [0.05, 0.1) is 34.8 Å². The molecule has 1 aliphatic rings. The molecule has 0 aliphatic carbocycles. The van der Waals surface area contributed by atoms with E-state index < -0.39 is 6.10 Å². The predicted octanol–water partition coefficient (Wildman–Crippen LogP) is 1.45. The first kappa shape index (κ1) is 13.7. The number of aromatic nitrogens is 2. The summed E-state index contributed by atoms with van der Waals surface area (Å²) in [6.45, 7) is 0.394. The second kappa shape index (κ2) is 4.79. The number of aliphatic hydroxyl groups is 1. The number of rotatable bonds is 0. The van der Waals surface area contributed by atoms with Gasteiger partial charge in [0, 0.05) is 0 Å². The molecule has 0 radical (unpaired) electrons. The molecule has 1 N–H and O–H groups in total. The van der Waals surface area contributed by atoms with Gasteiger partial charge in [-0.3, -0.25) is 9.59 Å². The van der Waals surface area contributed by atoms with Gasteiger partial charge in [0.25, 0.3) is 11.1 Å². The van der Waals surface area contributed by atoms with Crippen LogP contribution in [0.1, 0.15) is 0 Å². The SMILES string of the molecule is O=c1c2cc3ccccc3cc2c(=O)n2n1CC(O)C(Br)C2. The van der Waals surface area contributed by atoms with E-state index in [0.717, 1.165) is 10.8 Å². The Morgan fingerprint density at radius 2 is 1.45 bits per heavy atom. The third kappa shape index (κ3) is 1.87. The average molecular weight is 361 g/mol. The Morgan fingerprint density at radius 3 is 2.00 bits per heavy atom. The van der Waals surface area contributed by atoms with E-state index in [9.17, 15) is 14.7 Å². The lowest BCUT2D eigenvalue weighted by Gasteiger charge is -2.28. The van der Waals surface area contributed by atoms with Crippen LogP contribution in [-0.4, -0.2) is 25.4 Å². The minimum Gasteiger partial charge on any atom is -0.390 e. The number of halogens is 1. The monoisotopic (exact) mass is 360 g/mol. The highest BCUT2D eigenvalue weighted by atomic mass is 79.9. The number of benzene rings is 2. The van der Waals surface area contributed by atoms with Crippen molar-refractivity contribution in [3.05, 3.63) is 57.1 Å². The van der Waals surface area contributed by atoms with Crippen LogP contribution < -0.4 is 11.1 Å². The van der Waals surface area contributed by atoms with E-state index in [1.807, 2.05) is 24.3 Å². The summed E-state index contributed by atoms with van der Waals surface area (Å²) in [5.74, 6) is 0. The van der Waals surface area contributed by atoms with Crippen molar-refractivity contribution in [2.75, 3.05) is 0 Å². The van der Waals surface area contributed by atoms with Crippen molar-refractivity contribution in [3.63, 3.8) is 0 Å². The molecule has 6 heteroatoms. The van der Waals surface area contributed by atoms with E-state index in [-0.39, 0.29) is 29.0 Å². The molecule has 1 aliphatic heterocycles. The molecule has 2 aromatic carbocycles. The lowest BCUT2D eigenvalue weighted by Crippen LogP contribution is -2.49. The number of aliphatic hydroxyl groups excluding tert-OH is 1. The van der Waals surface area contributed by atoms with Crippen LogP contribution in [0, 0.1) is 0 Å². The third-order valence-electron chi connectivity index (χ3n) is 4.23. The van der Waals surface area contributed by atoms with E-state index in [1.54, 1.807) is 12.1 Å². The van der Waals surface area contributed by atoms with Crippen LogP contribution in [0.5, 0.6) is 0 Å². The molecule has 5 nitrogen and oxygen atoms in total.